The van der Waals surface area contributed by atoms with Crippen LogP contribution in [0.5, 0.6) is 5.75 Å². The van der Waals surface area contributed by atoms with Crippen LogP contribution >= 0.6 is 15.9 Å². The molecule has 1 aromatic rings. The van der Waals surface area contributed by atoms with E-state index in [4.69, 9.17) is 15.6 Å². The Morgan fingerprint density at radius 3 is 2.79 bits per heavy atom. The van der Waals surface area contributed by atoms with Gasteiger partial charge in [-0.25, -0.2) is 0 Å². The Balaban J connectivity index is 2.79. The second kappa shape index (κ2) is 5.34. The predicted molar refractivity (Wildman–Crippen MR) is 59.3 cm³/mol. The monoisotopic (exact) mass is 259 g/mol. The number of rotatable bonds is 4. The highest BCUT2D eigenvalue weighted by Gasteiger charge is 2.04. The maximum atomic E-state index is 8.60. The summed E-state index contributed by atoms with van der Waals surface area (Å²) in [6.45, 7) is 2.24. The molecule has 0 fully saturated rings. The molecule has 0 radical (unpaired) electrons. The SMILES string of the molecule is C[C@@H](N)c1ccc(OCCO)c(Br)c1. The number of halogens is 1. The Hall–Kier alpha value is -0.580. The summed E-state index contributed by atoms with van der Waals surface area (Å²) in [5, 5.41) is 8.60. The maximum absolute atomic E-state index is 8.60. The second-order valence-electron chi connectivity index (χ2n) is 3.05. The molecule has 3 N–H and O–H groups in total. The van der Waals surface area contributed by atoms with Gasteiger partial charge in [0.1, 0.15) is 12.4 Å². The number of aliphatic hydroxyl groups excluding tert-OH is 1. The number of hydrogen-bond acceptors (Lipinski definition) is 3. The third-order valence-corrected chi connectivity index (χ3v) is 2.45. The van der Waals surface area contributed by atoms with E-state index in [-0.39, 0.29) is 12.6 Å². The van der Waals surface area contributed by atoms with Gasteiger partial charge in [0.25, 0.3) is 0 Å². The lowest BCUT2D eigenvalue weighted by molar-refractivity contribution is 0.200. The number of nitrogens with two attached hydrogens (primary N) is 1. The van der Waals surface area contributed by atoms with Crippen molar-refractivity contribution in [3.63, 3.8) is 0 Å². The van der Waals surface area contributed by atoms with Gasteiger partial charge in [-0.15, -0.1) is 0 Å². The zero-order valence-electron chi connectivity index (χ0n) is 8.03. The summed E-state index contributed by atoms with van der Waals surface area (Å²) in [6, 6.07) is 5.70. The molecule has 1 rings (SSSR count). The Labute approximate surface area is 92.0 Å². The van der Waals surface area contributed by atoms with Crippen molar-refractivity contribution in [3.05, 3.63) is 28.2 Å². The molecule has 0 heterocycles. The summed E-state index contributed by atoms with van der Waals surface area (Å²) in [5.41, 5.74) is 6.78. The van der Waals surface area contributed by atoms with Gasteiger partial charge in [-0.3, -0.25) is 0 Å². The van der Waals surface area contributed by atoms with E-state index < -0.39 is 0 Å². The van der Waals surface area contributed by atoms with E-state index in [1.54, 1.807) is 0 Å². The van der Waals surface area contributed by atoms with E-state index in [0.717, 1.165) is 15.8 Å². The first kappa shape index (κ1) is 11.5. The van der Waals surface area contributed by atoms with Crippen LogP contribution in [0.2, 0.25) is 0 Å². The lowest BCUT2D eigenvalue weighted by Gasteiger charge is -2.10. The predicted octanol–water partition coefficient (Wildman–Crippen LogP) is 1.84. The normalized spacial score (nSPS) is 12.6. The topological polar surface area (TPSA) is 55.5 Å². The summed E-state index contributed by atoms with van der Waals surface area (Å²) >= 11 is 3.38. The molecule has 0 spiro atoms. The summed E-state index contributed by atoms with van der Waals surface area (Å²) in [7, 11) is 0. The Bertz CT molecular complexity index is 302. The Kier molecular flexibility index (Phi) is 4.38. The van der Waals surface area contributed by atoms with Gasteiger partial charge >= 0.3 is 0 Å². The van der Waals surface area contributed by atoms with Crippen LogP contribution in [0.4, 0.5) is 0 Å². The number of aliphatic hydroxyl groups is 1. The van der Waals surface area contributed by atoms with E-state index in [1.165, 1.54) is 0 Å². The van der Waals surface area contributed by atoms with Gasteiger partial charge in [0, 0.05) is 6.04 Å². The minimum absolute atomic E-state index is 0.0122. The molecule has 0 aromatic heterocycles. The molecule has 0 aliphatic carbocycles. The smallest absolute Gasteiger partial charge is 0.133 e. The van der Waals surface area contributed by atoms with Crippen molar-refractivity contribution < 1.29 is 9.84 Å². The van der Waals surface area contributed by atoms with Crippen molar-refractivity contribution in [1.82, 2.24) is 0 Å². The van der Waals surface area contributed by atoms with Crippen molar-refractivity contribution in [3.8, 4) is 5.75 Å². The number of benzene rings is 1. The second-order valence-corrected chi connectivity index (χ2v) is 3.90. The van der Waals surface area contributed by atoms with E-state index in [2.05, 4.69) is 15.9 Å². The maximum Gasteiger partial charge on any atom is 0.133 e. The van der Waals surface area contributed by atoms with Gasteiger partial charge in [0.2, 0.25) is 0 Å². The lowest BCUT2D eigenvalue weighted by Crippen LogP contribution is -2.06. The van der Waals surface area contributed by atoms with Gasteiger partial charge in [0.05, 0.1) is 11.1 Å². The van der Waals surface area contributed by atoms with Gasteiger partial charge in [0.15, 0.2) is 0 Å². The average molecular weight is 260 g/mol. The molecule has 78 valence electrons. The first-order valence-corrected chi connectivity index (χ1v) is 5.23. The molecule has 1 atom stereocenters. The van der Waals surface area contributed by atoms with Crippen LogP contribution in [0.1, 0.15) is 18.5 Å². The van der Waals surface area contributed by atoms with Gasteiger partial charge in [-0.1, -0.05) is 6.07 Å². The molecular formula is C10H14BrNO2. The van der Waals surface area contributed by atoms with Crippen LogP contribution in [-0.4, -0.2) is 18.3 Å². The van der Waals surface area contributed by atoms with Crippen LogP contribution in [0.25, 0.3) is 0 Å². The number of hydrogen-bond donors (Lipinski definition) is 2. The fraction of sp³-hybridized carbons (Fsp3) is 0.400. The van der Waals surface area contributed by atoms with E-state index in [0.29, 0.717) is 6.61 Å². The van der Waals surface area contributed by atoms with Crippen molar-refractivity contribution in [2.75, 3.05) is 13.2 Å². The van der Waals surface area contributed by atoms with Crippen LogP contribution in [0.15, 0.2) is 22.7 Å². The van der Waals surface area contributed by atoms with E-state index in [1.807, 2.05) is 25.1 Å². The molecule has 0 saturated heterocycles. The van der Waals surface area contributed by atoms with E-state index >= 15 is 0 Å². The molecule has 0 saturated carbocycles. The zero-order chi connectivity index (χ0) is 10.6. The largest absolute Gasteiger partial charge is 0.490 e. The van der Waals surface area contributed by atoms with Crippen LogP contribution in [0, 0.1) is 0 Å². The lowest BCUT2D eigenvalue weighted by atomic mass is 10.1. The summed E-state index contributed by atoms with van der Waals surface area (Å²) in [5.74, 6) is 0.725. The van der Waals surface area contributed by atoms with Crippen molar-refractivity contribution >= 4 is 15.9 Å². The zero-order valence-corrected chi connectivity index (χ0v) is 9.62. The molecule has 3 nitrogen and oxygen atoms in total. The van der Waals surface area contributed by atoms with Gasteiger partial charge < -0.3 is 15.6 Å². The van der Waals surface area contributed by atoms with Gasteiger partial charge in [-0.2, -0.15) is 0 Å². The molecule has 0 bridgehead atoms. The first-order chi connectivity index (χ1) is 6.65. The third-order valence-electron chi connectivity index (χ3n) is 1.83. The Morgan fingerprint density at radius 2 is 2.29 bits per heavy atom. The highest BCUT2D eigenvalue weighted by atomic mass is 79.9. The fourth-order valence-electron chi connectivity index (χ4n) is 1.07. The van der Waals surface area contributed by atoms with Crippen molar-refractivity contribution in [2.45, 2.75) is 13.0 Å². The molecule has 1 aromatic carbocycles. The van der Waals surface area contributed by atoms with Crippen molar-refractivity contribution in [2.24, 2.45) is 5.73 Å². The molecule has 14 heavy (non-hydrogen) atoms. The first-order valence-electron chi connectivity index (χ1n) is 4.44. The molecule has 4 heteroatoms. The third kappa shape index (κ3) is 2.97. The molecular weight excluding hydrogens is 246 g/mol. The van der Waals surface area contributed by atoms with Crippen molar-refractivity contribution in [1.29, 1.82) is 0 Å². The number of ether oxygens (including phenoxy) is 1. The summed E-state index contributed by atoms with van der Waals surface area (Å²) in [4.78, 5) is 0. The molecule has 0 amide bonds. The van der Waals surface area contributed by atoms with Crippen LogP contribution < -0.4 is 10.5 Å². The molecule has 0 aliphatic rings. The minimum Gasteiger partial charge on any atom is -0.490 e. The average Bonchev–Trinajstić information content (AvgIpc) is 2.15. The molecule has 0 unspecified atom stereocenters. The highest BCUT2D eigenvalue weighted by Crippen LogP contribution is 2.27. The Morgan fingerprint density at radius 1 is 1.57 bits per heavy atom. The standard InChI is InChI=1S/C10H14BrNO2/c1-7(12)8-2-3-10(9(11)6-8)14-5-4-13/h2-3,6-7,13H,4-5,12H2,1H3/t7-/m1/s1. The summed E-state index contributed by atoms with van der Waals surface area (Å²) in [6.07, 6.45) is 0. The quantitative estimate of drug-likeness (QED) is 0.868. The molecule has 0 aliphatic heterocycles. The van der Waals surface area contributed by atoms with Gasteiger partial charge in [-0.05, 0) is 40.5 Å². The minimum atomic E-state index is 0.0122. The summed E-state index contributed by atoms with van der Waals surface area (Å²) < 4.78 is 6.14. The van der Waals surface area contributed by atoms with E-state index in [9.17, 15) is 0 Å². The van der Waals surface area contributed by atoms with Crippen LogP contribution in [0.3, 0.4) is 0 Å². The fourth-order valence-corrected chi connectivity index (χ4v) is 1.58. The van der Waals surface area contributed by atoms with Crippen LogP contribution in [-0.2, 0) is 0 Å². The highest BCUT2D eigenvalue weighted by molar-refractivity contribution is 9.10.